The molecule has 7 nitrogen and oxygen atoms in total. The highest BCUT2D eigenvalue weighted by Gasteiger charge is 2.22. The van der Waals surface area contributed by atoms with Crippen LogP contribution in [-0.4, -0.2) is 50.0 Å². The predicted molar refractivity (Wildman–Crippen MR) is 120 cm³/mol. The summed E-state index contributed by atoms with van der Waals surface area (Å²) in [6.45, 7) is 2.01. The number of carbonyl (C=O) groups is 1. The molecule has 2 aromatic heterocycles. The Morgan fingerprint density at radius 2 is 1.71 bits per heavy atom. The number of tetrazole rings is 1. The van der Waals surface area contributed by atoms with Crippen molar-refractivity contribution in [2.45, 2.75) is 6.92 Å². The zero-order valence-electron chi connectivity index (χ0n) is 17.6. The van der Waals surface area contributed by atoms with Gasteiger partial charge in [0.15, 0.2) is 11.6 Å². The maximum absolute atomic E-state index is 13.6. The molecule has 4 aromatic rings. The Bertz CT molecular complexity index is 1230. The smallest absolute Gasteiger partial charge is 0.198 e. The molecule has 0 saturated heterocycles. The van der Waals surface area contributed by atoms with Crippen molar-refractivity contribution >= 4 is 11.4 Å². The van der Waals surface area contributed by atoms with Gasteiger partial charge in [-0.15, -0.1) is 5.10 Å². The largest absolute Gasteiger partial charge is 0.383 e. The quantitative estimate of drug-likeness (QED) is 0.355. The van der Waals surface area contributed by atoms with Crippen LogP contribution in [0.4, 0.5) is 0 Å². The van der Waals surface area contributed by atoms with E-state index in [9.17, 15) is 4.79 Å². The third kappa shape index (κ3) is 4.40. The zero-order valence-corrected chi connectivity index (χ0v) is 17.6. The standard InChI is InChI=1S/C24H22N6O/c1-17-7-9-21(10-8-17)30-24(26-27-28-30)22(16-29(2)3)23(31)20-6-4-5-19(15-20)18-11-13-25-14-12-18/h4-16H,1-3H3. The number of pyridine rings is 1. The van der Waals surface area contributed by atoms with Gasteiger partial charge in [0, 0.05) is 38.3 Å². The summed E-state index contributed by atoms with van der Waals surface area (Å²) < 4.78 is 1.58. The van der Waals surface area contributed by atoms with Crippen molar-refractivity contribution in [3.63, 3.8) is 0 Å². The third-order valence-electron chi connectivity index (χ3n) is 4.76. The number of hydrogen-bond donors (Lipinski definition) is 0. The first kappa shape index (κ1) is 20.2. The van der Waals surface area contributed by atoms with Crippen molar-refractivity contribution in [1.82, 2.24) is 30.1 Å². The zero-order chi connectivity index (χ0) is 21.8. The lowest BCUT2D eigenvalue weighted by molar-refractivity contribution is 0.105. The number of aryl methyl sites for hydroxylation is 1. The summed E-state index contributed by atoms with van der Waals surface area (Å²) in [6.07, 6.45) is 5.21. The number of benzene rings is 2. The van der Waals surface area contributed by atoms with E-state index in [1.165, 1.54) is 0 Å². The first-order valence-corrected chi connectivity index (χ1v) is 9.82. The fourth-order valence-corrected chi connectivity index (χ4v) is 3.23. The van der Waals surface area contributed by atoms with Crippen LogP contribution in [0, 0.1) is 6.92 Å². The van der Waals surface area contributed by atoms with Crippen LogP contribution in [0.25, 0.3) is 22.4 Å². The molecule has 2 heterocycles. The Hall–Kier alpha value is -4.13. The van der Waals surface area contributed by atoms with Gasteiger partial charge in [-0.3, -0.25) is 9.78 Å². The minimum atomic E-state index is -0.159. The number of allylic oxidation sites excluding steroid dienone is 1. The maximum atomic E-state index is 13.6. The number of hydrogen-bond acceptors (Lipinski definition) is 6. The van der Waals surface area contributed by atoms with Crippen molar-refractivity contribution in [3.05, 3.63) is 96.2 Å². The highest BCUT2D eigenvalue weighted by Crippen LogP contribution is 2.25. The summed E-state index contributed by atoms with van der Waals surface area (Å²) in [5, 5.41) is 12.1. The molecule has 31 heavy (non-hydrogen) atoms. The lowest BCUT2D eigenvalue weighted by Gasteiger charge is -2.12. The van der Waals surface area contributed by atoms with Gasteiger partial charge in [0.1, 0.15) is 0 Å². The van der Waals surface area contributed by atoms with Gasteiger partial charge in [-0.05, 0) is 58.8 Å². The molecule has 0 aliphatic rings. The molecule has 0 bridgehead atoms. The Morgan fingerprint density at radius 1 is 0.968 bits per heavy atom. The SMILES string of the molecule is Cc1ccc(-n2nnnc2C(=CN(C)C)C(=O)c2cccc(-c3ccncc3)c2)cc1. The molecule has 0 aliphatic carbocycles. The average molecular weight is 410 g/mol. The highest BCUT2D eigenvalue weighted by molar-refractivity contribution is 6.28. The van der Waals surface area contributed by atoms with E-state index < -0.39 is 0 Å². The van der Waals surface area contributed by atoms with Crippen molar-refractivity contribution in [3.8, 4) is 16.8 Å². The second-order valence-corrected chi connectivity index (χ2v) is 7.40. The van der Waals surface area contributed by atoms with E-state index in [1.54, 1.807) is 29.3 Å². The van der Waals surface area contributed by atoms with Gasteiger partial charge in [-0.2, -0.15) is 4.68 Å². The number of aromatic nitrogens is 5. The van der Waals surface area contributed by atoms with Crippen LogP contribution < -0.4 is 0 Å². The van der Waals surface area contributed by atoms with Crippen LogP contribution in [0.2, 0.25) is 0 Å². The van der Waals surface area contributed by atoms with Gasteiger partial charge in [-0.1, -0.05) is 35.9 Å². The molecule has 7 heteroatoms. The van der Waals surface area contributed by atoms with E-state index in [4.69, 9.17) is 0 Å². The van der Waals surface area contributed by atoms with E-state index in [0.717, 1.165) is 22.4 Å². The lowest BCUT2D eigenvalue weighted by Crippen LogP contribution is -2.13. The van der Waals surface area contributed by atoms with E-state index in [2.05, 4.69) is 20.5 Å². The Balaban J connectivity index is 1.77. The van der Waals surface area contributed by atoms with Gasteiger partial charge in [0.05, 0.1) is 11.3 Å². The minimum Gasteiger partial charge on any atom is -0.383 e. The van der Waals surface area contributed by atoms with Gasteiger partial charge in [-0.25, -0.2) is 0 Å². The molecule has 2 aromatic carbocycles. The predicted octanol–water partition coefficient (Wildman–Crippen LogP) is 3.82. The molecule has 154 valence electrons. The Morgan fingerprint density at radius 3 is 2.42 bits per heavy atom. The summed E-state index contributed by atoms with van der Waals surface area (Å²) in [4.78, 5) is 19.5. The molecule has 0 saturated carbocycles. The number of ketones is 1. The van der Waals surface area contributed by atoms with E-state index in [-0.39, 0.29) is 5.78 Å². The van der Waals surface area contributed by atoms with E-state index in [1.807, 2.05) is 80.5 Å². The van der Waals surface area contributed by atoms with Crippen LogP contribution in [0.15, 0.2) is 79.3 Å². The molecule has 0 spiro atoms. The molecular formula is C24H22N6O. The van der Waals surface area contributed by atoms with Crippen LogP contribution >= 0.6 is 0 Å². The molecule has 4 rings (SSSR count). The number of Topliss-reactive ketones (excluding diaryl/α,β-unsaturated/α-hetero) is 1. The first-order chi connectivity index (χ1) is 15.0. The topological polar surface area (TPSA) is 76.8 Å². The summed E-state index contributed by atoms with van der Waals surface area (Å²) >= 11 is 0. The monoisotopic (exact) mass is 410 g/mol. The maximum Gasteiger partial charge on any atom is 0.198 e. The lowest BCUT2D eigenvalue weighted by atomic mass is 9.98. The molecule has 0 radical (unpaired) electrons. The van der Waals surface area contributed by atoms with Crippen molar-refractivity contribution < 1.29 is 4.79 Å². The minimum absolute atomic E-state index is 0.159. The van der Waals surface area contributed by atoms with Crippen LogP contribution in [0.5, 0.6) is 0 Å². The second kappa shape index (κ2) is 8.71. The molecule has 0 unspecified atom stereocenters. The van der Waals surface area contributed by atoms with Crippen LogP contribution in [0.1, 0.15) is 21.7 Å². The normalized spacial score (nSPS) is 11.4. The summed E-state index contributed by atoms with van der Waals surface area (Å²) in [5.74, 6) is 0.227. The summed E-state index contributed by atoms with van der Waals surface area (Å²) in [5.41, 5.74) is 4.81. The Kier molecular flexibility index (Phi) is 5.66. The molecule has 0 fully saturated rings. The fourth-order valence-electron chi connectivity index (χ4n) is 3.23. The van der Waals surface area contributed by atoms with Crippen molar-refractivity contribution in [2.75, 3.05) is 14.1 Å². The van der Waals surface area contributed by atoms with Crippen molar-refractivity contribution in [1.29, 1.82) is 0 Å². The molecule has 0 atom stereocenters. The van der Waals surface area contributed by atoms with E-state index >= 15 is 0 Å². The highest BCUT2D eigenvalue weighted by atomic mass is 16.1. The first-order valence-electron chi connectivity index (χ1n) is 9.82. The Labute approximate surface area is 180 Å². The van der Waals surface area contributed by atoms with Crippen LogP contribution in [-0.2, 0) is 0 Å². The summed E-state index contributed by atoms with van der Waals surface area (Å²) in [6, 6.07) is 19.2. The van der Waals surface area contributed by atoms with Gasteiger partial charge >= 0.3 is 0 Å². The second-order valence-electron chi connectivity index (χ2n) is 7.40. The number of rotatable bonds is 6. The molecule has 0 aliphatic heterocycles. The fraction of sp³-hybridized carbons (Fsp3) is 0.125. The molecular weight excluding hydrogens is 388 g/mol. The summed E-state index contributed by atoms with van der Waals surface area (Å²) in [7, 11) is 3.72. The molecule has 0 amide bonds. The average Bonchev–Trinajstić information content (AvgIpc) is 3.28. The van der Waals surface area contributed by atoms with Crippen LogP contribution in [0.3, 0.4) is 0 Å². The van der Waals surface area contributed by atoms with Gasteiger partial charge in [0.25, 0.3) is 0 Å². The third-order valence-corrected chi connectivity index (χ3v) is 4.76. The number of nitrogens with zero attached hydrogens (tertiary/aromatic N) is 6. The van der Waals surface area contributed by atoms with E-state index in [0.29, 0.717) is 17.0 Å². The van der Waals surface area contributed by atoms with Gasteiger partial charge in [0.2, 0.25) is 0 Å². The number of carbonyl (C=O) groups excluding carboxylic acids is 1. The van der Waals surface area contributed by atoms with Crippen molar-refractivity contribution in [2.24, 2.45) is 0 Å². The van der Waals surface area contributed by atoms with Gasteiger partial charge < -0.3 is 4.90 Å². The molecule has 0 N–H and O–H groups in total.